The Labute approximate surface area is 207 Å². The zero-order valence-electron chi connectivity index (χ0n) is 17.9. The Kier molecular flexibility index (Phi) is 6.16. The molecular weight excluding hydrogens is 495 g/mol. The van der Waals surface area contributed by atoms with E-state index in [1.807, 2.05) is 36.4 Å². The minimum absolute atomic E-state index is 0.00125. The molecule has 0 atom stereocenters. The molecule has 1 aliphatic rings. The third-order valence-corrected chi connectivity index (χ3v) is 8.49. The number of carbonyl (C=O) groups excluding carboxylic acids is 1. The quantitative estimate of drug-likeness (QED) is 0.268. The molecule has 0 unspecified atom stereocenters. The summed E-state index contributed by atoms with van der Waals surface area (Å²) < 4.78 is 30.0. The fourth-order valence-electron chi connectivity index (χ4n) is 4.34. The van der Waals surface area contributed by atoms with Gasteiger partial charge in [-0.1, -0.05) is 53.5 Å². The van der Waals surface area contributed by atoms with E-state index in [4.69, 9.17) is 28.2 Å². The number of imidazole rings is 1. The number of hydrogen-bond donors (Lipinski definition) is 0. The second-order valence-corrected chi connectivity index (χ2v) is 10.8. The van der Waals surface area contributed by atoms with Crippen molar-refractivity contribution in [3.63, 3.8) is 0 Å². The molecule has 0 N–H and O–H groups in total. The summed E-state index contributed by atoms with van der Waals surface area (Å²) in [5.41, 5.74) is 2.63. The molecule has 1 saturated heterocycles. The van der Waals surface area contributed by atoms with Gasteiger partial charge in [-0.05, 0) is 43.2 Å². The molecule has 3 heterocycles. The first-order valence-corrected chi connectivity index (χ1v) is 12.9. The Morgan fingerprint density at radius 2 is 1.68 bits per heavy atom. The molecule has 0 spiro atoms. The highest BCUT2D eigenvalue weighted by molar-refractivity contribution is 7.89. The van der Waals surface area contributed by atoms with Gasteiger partial charge in [0.25, 0.3) is 0 Å². The lowest BCUT2D eigenvalue weighted by Crippen LogP contribution is -2.39. The average Bonchev–Trinajstić information content (AvgIpc) is 3.23. The number of nitrogens with zero attached hydrogens (tertiary/aromatic N) is 4. The number of halogens is 2. The smallest absolute Gasteiger partial charge is 0.243 e. The molecule has 4 aromatic rings. The summed E-state index contributed by atoms with van der Waals surface area (Å²) in [7, 11) is -3.74. The van der Waals surface area contributed by atoms with E-state index < -0.39 is 10.0 Å². The predicted molar refractivity (Wildman–Crippen MR) is 132 cm³/mol. The second-order valence-electron chi connectivity index (χ2n) is 8.08. The van der Waals surface area contributed by atoms with Crippen LogP contribution in [0.1, 0.15) is 29.2 Å². The molecule has 7 nitrogen and oxygen atoms in total. The summed E-state index contributed by atoms with van der Waals surface area (Å²) in [6.07, 6.45) is 1.77. The van der Waals surface area contributed by atoms with Gasteiger partial charge in [0.2, 0.25) is 10.0 Å². The minimum Gasteiger partial charge on any atom is -0.305 e. The number of aldehydes is 1. The van der Waals surface area contributed by atoms with Gasteiger partial charge in [-0.3, -0.25) is 4.79 Å². The van der Waals surface area contributed by atoms with E-state index in [0.717, 1.165) is 16.9 Å². The van der Waals surface area contributed by atoms with Crippen molar-refractivity contribution in [3.8, 4) is 11.4 Å². The number of pyridine rings is 1. The first-order valence-electron chi connectivity index (χ1n) is 10.7. The molecule has 0 aliphatic carbocycles. The van der Waals surface area contributed by atoms with E-state index >= 15 is 0 Å². The standard InChI is InChI=1S/C24H20Cl2N4O3S/c25-20-14-19(7-6-17(20)15-31)34(32,33)29-12-10-18(11-13-29)30-23(16-4-2-1-3-5-16)27-21-8-9-22(26)28-24(21)30/h1-9,14-15,18H,10-13H2. The van der Waals surface area contributed by atoms with Crippen LogP contribution in [0, 0.1) is 0 Å². The summed E-state index contributed by atoms with van der Waals surface area (Å²) in [6.45, 7) is 0.656. The number of aromatic nitrogens is 3. The van der Waals surface area contributed by atoms with E-state index in [2.05, 4.69) is 9.55 Å². The Bertz CT molecular complexity index is 1480. The molecule has 5 rings (SSSR count). The molecule has 2 aromatic carbocycles. The molecule has 1 fully saturated rings. The lowest BCUT2D eigenvalue weighted by molar-refractivity contribution is 0.112. The number of hydrogen-bond acceptors (Lipinski definition) is 5. The van der Waals surface area contributed by atoms with Crippen LogP contribution in [0.15, 0.2) is 65.6 Å². The van der Waals surface area contributed by atoms with Gasteiger partial charge in [-0.25, -0.2) is 18.4 Å². The molecule has 10 heteroatoms. The molecule has 174 valence electrons. The molecular formula is C24H20Cl2N4O3S. The normalized spacial score (nSPS) is 15.6. The number of fused-ring (bicyclic) bond motifs is 1. The summed E-state index contributed by atoms with van der Waals surface area (Å²) in [6, 6.07) is 17.6. The largest absolute Gasteiger partial charge is 0.305 e. The summed E-state index contributed by atoms with van der Waals surface area (Å²) >= 11 is 12.3. The van der Waals surface area contributed by atoms with Crippen LogP contribution in [0.5, 0.6) is 0 Å². The van der Waals surface area contributed by atoms with Gasteiger partial charge in [-0.2, -0.15) is 4.31 Å². The van der Waals surface area contributed by atoms with Crippen molar-refractivity contribution in [2.45, 2.75) is 23.8 Å². The molecule has 34 heavy (non-hydrogen) atoms. The zero-order valence-corrected chi connectivity index (χ0v) is 20.3. The van der Waals surface area contributed by atoms with Crippen molar-refractivity contribution < 1.29 is 13.2 Å². The monoisotopic (exact) mass is 514 g/mol. The van der Waals surface area contributed by atoms with Crippen LogP contribution in [0.25, 0.3) is 22.6 Å². The topological polar surface area (TPSA) is 85.2 Å². The highest BCUT2D eigenvalue weighted by atomic mass is 35.5. The van der Waals surface area contributed by atoms with Gasteiger partial charge in [0, 0.05) is 30.3 Å². The van der Waals surface area contributed by atoms with Crippen molar-refractivity contribution in [1.82, 2.24) is 18.8 Å². The van der Waals surface area contributed by atoms with Crippen LogP contribution in [0.3, 0.4) is 0 Å². The van der Waals surface area contributed by atoms with Crippen molar-refractivity contribution in [1.29, 1.82) is 0 Å². The van der Waals surface area contributed by atoms with E-state index in [9.17, 15) is 13.2 Å². The first-order chi connectivity index (χ1) is 16.4. The Morgan fingerprint density at radius 1 is 0.941 bits per heavy atom. The number of piperidine rings is 1. The van der Waals surface area contributed by atoms with E-state index in [0.29, 0.717) is 43.0 Å². The zero-order chi connectivity index (χ0) is 23.9. The van der Waals surface area contributed by atoms with Crippen molar-refractivity contribution in [2.24, 2.45) is 0 Å². The highest BCUT2D eigenvalue weighted by Gasteiger charge is 2.32. The number of rotatable bonds is 5. The molecule has 0 saturated carbocycles. The Hall–Kier alpha value is -2.78. The summed E-state index contributed by atoms with van der Waals surface area (Å²) in [4.78, 5) is 20.4. The highest BCUT2D eigenvalue weighted by Crippen LogP contribution is 2.34. The lowest BCUT2D eigenvalue weighted by atomic mass is 10.1. The number of sulfonamides is 1. The van der Waals surface area contributed by atoms with Crippen molar-refractivity contribution in [3.05, 3.63) is 76.4 Å². The molecule has 1 aliphatic heterocycles. The van der Waals surface area contributed by atoms with Gasteiger partial charge >= 0.3 is 0 Å². The third-order valence-electron chi connectivity index (χ3n) is 6.06. The first kappa shape index (κ1) is 23.0. The Balaban J connectivity index is 1.46. The molecule has 0 radical (unpaired) electrons. The van der Waals surface area contributed by atoms with Crippen LogP contribution in [-0.2, 0) is 10.0 Å². The van der Waals surface area contributed by atoms with Crippen molar-refractivity contribution in [2.75, 3.05) is 13.1 Å². The molecule has 2 aromatic heterocycles. The maximum absolute atomic E-state index is 13.2. The lowest BCUT2D eigenvalue weighted by Gasteiger charge is -2.32. The SMILES string of the molecule is O=Cc1ccc(S(=O)(=O)N2CCC(n3c(-c4ccccc4)nc4ccc(Cl)nc43)CC2)cc1Cl. The fraction of sp³-hybridized carbons (Fsp3) is 0.208. The predicted octanol–water partition coefficient (Wildman–Crippen LogP) is 5.24. The molecule has 0 bridgehead atoms. The Morgan fingerprint density at radius 3 is 2.35 bits per heavy atom. The molecule has 0 amide bonds. The third kappa shape index (κ3) is 4.11. The average molecular weight is 515 g/mol. The second kappa shape index (κ2) is 9.11. The van der Waals surface area contributed by atoms with Gasteiger partial charge in [0.1, 0.15) is 16.5 Å². The number of carbonyl (C=O) groups is 1. The maximum Gasteiger partial charge on any atom is 0.243 e. The fourth-order valence-corrected chi connectivity index (χ4v) is 6.27. The van der Waals surface area contributed by atoms with Crippen LogP contribution >= 0.6 is 23.2 Å². The van der Waals surface area contributed by atoms with E-state index in [1.165, 1.54) is 22.5 Å². The minimum atomic E-state index is -3.74. The summed E-state index contributed by atoms with van der Waals surface area (Å²) in [5, 5.41) is 0.496. The van der Waals surface area contributed by atoms with Gasteiger partial charge in [-0.15, -0.1) is 0 Å². The van der Waals surface area contributed by atoms with Crippen LogP contribution in [0.2, 0.25) is 10.2 Å². The van der Waals surface area contributed by atoms with Crippen LogP contribution in [0.4, 0.5) is 0 Å². The van der Waals surface area contributed by atoms with E-state index in [-0.39, 0.29) is 21.5 Å². The van der Waals surface area contributed by atoms with E-state index in [1.54, 1.807) is 6.07 Å². The number of benzene rings is 2. The van der Waals surface area contributed by atoms with Gasteiger partial charge in [0.05, 0.1) is 9.92 Å². The van der Waals surface area contributed by atoms with Crippen LogP contribution in [-0.4, -0.2) is 46.6 Å². The maximum atomic E-state index is 13.2. The van der Waals surface area contributed by atoms with Gasteiger partial charge < -0.3 is 4.57 Å². The van der Waals surface area contributed by atoms with Crippen molar-refractivity contribution >= 4 is 50.7 Å². The van der Waals surface area contributed by atoms with Crippen LogP contribution < -0.4 is 0 Å². The van der Waals surface area contributed by atoms with Gasteiger partial charge in [0.15, 0.2) is 11.9 Å². The summed E-state index contributed by atoms with van der Waals surface area (Å²) in [5.74, 6) is 0.780.